The normalized spacial score (nSPS) is 13.9. The van der Waals surface area contributed by atoms with E-state index in [1.807, 2.05) is 24.3 Å². The van der Waals surface area contributed by atoms with Crippen molar-refractivity contribution in [3.63, 3.8) is 0 Å². The molecule has 0 fully saturated rings. The number of hydrogen-bond acceptors (Lipinski definition) is 6. The zero-order valence-corrected chi connectivity index (χ0v) is 13.0. The predicted octanol–water partition coefficient (Wildman–Crippen LogP) is 2.65. The lowest BCUT2D eigenvalue weighted by molar-refractivity contribution is 0.0974. The van der Waals surface area contributed by atoms with E-state index >= 15 is 0 Å². The van der Waals surface area contributed by atoms with Gasteiger partial charge >= 0.3 is 0 Å². The van der Waals surface area contributed by atoms with Gasteiger partial charge in [0.1, 0.15) is 16.5 Å². The van der Waals surface area contributed by atoms with Crippen LogP contribution in [-0.4, -0.2) is 35.5 Å². The third kappa shape index (κ3) is 3.25. The summed E-state index contributed by atoms with van der Waals surface area (Å²) in [5, 5.41) is 6.02. The fraction of sp³-hybridized carbons (Fsp3) is 0.214. The molecule has 5 nitrogen and oxygen atoms in total. The Kier molecular flexibility index (Phi) is 4.21. The number of thiazole rings is 1. The number of aromatic nitrogens is 1. The smallest absolute Gasteiger partial charge is 0.276 e. The number of amides is 1. The van der Waals surface area contributed by atoms with Gasteiger partial charge in [-0.1, -0.05) is 11.8 Å². The maximum atomic E-state index is 12.1. The van der Waals surface area contributed by atoms with Crippen molar-refractivity contribution in [3.8, 4) is 16.3 Å². The van der Waals surface area contributed by atoms with Crippen molar-refractivity contribution in [2.24, 2.45) is 4.99 Å². The summed E-state index contributed by atoms with van der Waals surface area (Å²) in [5.74, 6) is 1.51. The van der Waals surface area contributed by atoms with Crippen LogP contribution in [0.4, 0.5) is 0 Å². The van der Waals surface area contributed by atoms with Crippen LogP contribution in [0.1, 0.15) is 10.5 Å². The lowest BCUT2D eigenvalue weighted by atomic mass is 10.2. The van der Waals surface area contributed by atoms with Crippen molar-refractivity contribution in [1.29, 1.82) is 0 Å². The van der Waals surface area contributed by atoms with E-state index in [4.69, 9.17) is 4.74 Å². The highest BCUT2D eigenvalue weighted by molar-refractivity contribution is 8.14. The second kappa shape index (κ2) is 6.28. The van der Waals surface area contributed by atoms with Crippen molar-refractivity contribution in [2.75, 3.05) is 19.4 Å². The minimum absolute atomic E-state index is 0.209. The Balaban J connectivity index is 1.74. The second-order valence-corrected chi connectivity index (χ2v) is 6.20. The van der Waals surface area contributed by atoms with Crippen LogP contribution in [-0.2, 0) is 0 Å². The lowest BCUT2D eigenvalue weighted by Crippen LogP contribution is -2.27. The van der Waals surface area contributed by atoms with Gasteiger partial charge in [-0.25, -0.2) is 4.98 Å². The molecule has 2 aromatic rings. The van der Waals surface area contributed by atoms with Gasteiger partial charge in [-0.2, -0.15) is 0 Å². The number of methoxy groups -OCH3 is 1. The molecule has 108 valence electrons. The number of nitrogens with one attached hydrogen (secondary N) is 1. The number of ether oxygens (including phenoxy) is 1. The highest BCUT2D eigenvalue weighted by Crippen LogP contribution is 2.25. The molecule has 1 aliphatic heterocycles. The van der Waals surface area contributed by atoms with Gasteiger partial charge in [0, 0.05) is 16.7 Å². The van der Waals surface area contributed by atoms with Crippen LogP contribution in [0.25, 0.3) is 10.6 Å². The van der Waals surface area contributed by atoms with Crippen LogP contribution in [0, 0.1) is 0 Å². The maximum Gasteiger partial charge on any atom is 0.276 e. The van der Waals surface area contributed by atoms with E-state index in [0.717, 1.165) is 28.6 Å². The number of carbonyl (C=O) groups excluding carboxylic acids is 1. The van der Waals surface area contributed by atoms with Gasteiger partial charge in [0.15, 0.2) is 5.17 Å². The Morgan fingerprint density at radius 2 is 2.14 bits per heavy atom. The second-order valence-electron chi connectivity index (χ2n) is 4.26. The third-order valence-corrected chi connectivity index (χ3v) is 4.66. The van der Waals surface area contributed by atoms with Gasteiger partial charge < -0.3 is 4.74 Å². The summed E-state index contributed by atoms with van der Waals surface area (Å²) in [6, 6.07) is 7.60. The molecule has 1 N–H and O–H groups in total. The van der Waals surface area contributed by atoms with Gasteiger partial charge in [-0.15, -0.1) is 11.3 Å². The van der Waals surface area contributed by atoms with Crippen LogP contribution in [0.15, 0.2) is 34.6 Å². The number of carbonyl (C=O) groups is 1. The summed E-state index contributed by atoms with van der Waals surface area (Å²) < 4.78 is 5.13. The molecule has 0 bridgehead atoms. The summed E-state index contributed by atoms with van der Waals surface area (Å²) >= 11 is 3.00. The Morgan fingerprint density at radius 1 is 1.33 bits per heavy atom. The van der Waals surface area contributed by atoms with Crippen molar-refractivity contribution in [2.45, 2.75) is 0 Å². The number of thioether (sulfide) groups is 1. The summed E-state index contributed by atoms with van der Waals surface area (Å²) in [4.78, 5) is 20.6. The van der Waals surface area contributed by atoms with Crippen LogP contribution < -0.4 is 10.1 Å². The van der Waals surface area contributed by atoms with Crippen LogP contribution in [0.2, 0.25) is 0 Å². The number of hydrogen-bond donors (Lipinski definition) is 1. The van der Waals surface area contributed by atoms with Crippen molar-refractivity contribution in [3.05, 3.63) is 35.3 Å². The standard InChI is InChI=1S/C14H13N3O2S2/c1-19-10-4-2-9(3-5-10)13-16-11(8-21-13)12(18)17-14-15-6-7-20-14/h2-5,8H,6-7H2,1H3,(H,15,17,18). The first kappa shape index (κ1) is 14.1. The Labute approximate surface area is 130 Å². The van der Waals surface area contributed by atoms with Crippen molar-refractivity contribution >= 4 is 34.2 Å². The number of aliphatic imine (C=N–C) groups is 1. The van der Waals surface area contributed by atoms with Gasteiger partial charge in [0.25, 0.3) is 5.91 Å². The molecule has 0 spiro atoms. The lowest BCUT2D eigenvalue weighted by Gasteiger charge is -2.01. The van der Waals surface area contributed by atoms with Crippen LogP contribution >= 0.6 is 23.1 Å². The van der Waals surface area contributed by atoms with Crippen molar-refractivity contribution < 1.29 is 9.53 Å². The molecule has 21 heavy (non-hydrogen) atoms. The van der Waals surface area contributed by atoms with Gasteiger partial charge in [-0.05, 0) is 24.3 Å². The number of nitrogens with zero attached hydrogens (tertiary/aromatic N) is 2. The first-order valence-electron chi connectivity index (χ1n) is 6.35. The zero-order chi connectivity index (χ0) is 14.7. The van der Waals surface area contributed by atoms with Gasteiger partial charge in [0.2, 0.25) is 0 Å². The van der Waals surface area contributed by atoms with E-state index in [0.29, 0.717) is 10.9 Å². The van der Waals surface area contributed by atoms with E-state index in [9.17, 15) is 4.79 Å². The highest BCUT2D eigenvalue weighted by atomic mass is 32.2. The molecule has 7 heteroatoms. The molecule has 1 aliphatic rings. The molecular formula is C14H13N3O2S2. The number of amidine groups is 1. The largest absolute Gasteiger partial charge is 0.497 e. The molecular weight excluding hydrogens is 306 g/mol. The van der Waals surface area contributed by atoms with E-state index in [1.54, 1.807) is 24.3 Å². The van der Waals surface area contributed by atoms with Gasteiger partial charge in [0.05, 0.1) is 13.7 Å². The molecule has 0 aliphatic carbocycles. The molecule has 1 aromatic carbocycles. The van der Waals surface area contributed by atoms with E-state index in [1.165, 1.54) is 11.3 Å². The van der Waals surface area contributed by atoms with Crippen molar-refractivity contribution in [1.82, 2.24) is 10.3 Å². The molecule has 0 radical (unpaired) electrons. The SMILES string of the molecule is COc1ccc(-c2nc(C(=O)NC3=NCCS3)cs2)cc1. The monoisotopic (exact) mass is 319 g/mol. The Hall–Kier alpha value is -1.86. The topological polar surface area (TPSA) is 63.6 Å². The molecule has 0 saturated heterocycles. The summed E-state index contributed by atoms with van der Waals surface area (Å²) in [7, 11) is 1.63. The molecule has 0 saturated carbocycles. The van der Waals surface area contributed by atoms with Gasteiger partial charge in [-0.3, -0.25) is 15.1 Å². The van der Waals surface area contributed by atoms with Crippen LogP contribution in [0.3, 0.4) is 0 Å². The molecule has 3 rings (SSSR count). The number of benzene rings is 1. The molecule has 2 heterocycles. The number of rotatable bonds is 3. The molecule has 0 unspecified atom stereocenters. The Bertz CT molecular complexity index is 680. The Morgan fingerprint density at radius 3 is 2.81 bits per heavy atom. The average Bonchev–Trinajstić information content (AvgIpc) is 3.18. The highest BCUT2D eigenvalue weighted by Gasteiger charge is 2.15. The summed E-state index contributed by atoms with van der Waals surface area (Å²) in [6.07, 6.45) is 0. The fourth-order valence-corrected chi connectivity index (χ4v) is 3.35. The molecule has 0 atom stereocenters. The zero-order valence-electron chi connectivity index (χ0n) is 11.3. The fourth-order valence-electron chi connectivity index (χ4n) is 1.82. The van der Waals surface area contributed by atoms with E-state index in [2.05, 4.69) is 15.3 Å². The molecule has 1 amide bonds. The van der Waals surface area contributed by atoms with E-state index < -0.39 is 0 Å². The van der Waals surface area contributed by atoms with Crippen LogP contribution in [0.5, 0.6) is 5.75 Å². The summed E-state index contributed by atoms with van der Waals surface area (Å²) in [5.41, 5.74) is 1.38. The third-order valence-electron chi connectivity index (χ3n) is 2.88. The van der Waals surface area contributed by atoms with E-state index in [-0.39, 0.29) is 5.91 Å². The first-order chi connectivity index (χ1) is 10.3. The molecule has 1 aromatic heterocycles. The quantitative estimate of drug-likeness (QED) is 0.944. The summed E-state index contributed by atoms with van der Waals surface area (Å²) in [6.45, 7) is 0.758. The average molecular weight is 319 g/mol. The maximum absolute atomic E-state index is 12.1. The minimum Gasteiger partial charge on any atom is -0.497 e. The minimum atomic E-state index is -0.209. The predicted molar refractivity (Wildman–Crippen MR) is 86.3 cm³/mol. The first-order valence-corrected chi connectivity index (χ1v) is 8.21.